The summed E-state index contributed by atoms with van der Waals surface area (Å²) in [7, 11) is 1.35. The molecule has 0 saturated carbocycles. The largest absolute Gasteiger partial charge is 0.468 e. The van der Waals surface area contributed by atoms with E-state index in [1.807, 2.05) is 0 Å². The van der Waals surface area contributed by atoms with Crippen molar-refractivity contribution < 1.29 is 9.53 Å². The quantitative estimate of drug-likeness (QED) is 0.435. The smallest absolute Gasteiger partial charge is 0.316 e. The van der Waals surface area contributed by atoms with E-state index in [1.165, 1.54) is 7.11 Å². The minimum absolute atomic E-state index is 0. The fraction of sp³-hybridized carbons (Fsp3) is 0.750. The van der Waals surface area contributed by atoms with E-state index in [2.05, 4.69) is 20.7 Å². The highest BCUT2D eigenvalue weighted by atomic mass is 79.9. The van der Waals surface area contributed by atoms with Crippen LogP contribution in [0.4, 0.5) is 0 Å². The second-order valence-electron chi connectivity index (χ2n) is 0.710. The molecule has 0 N–H and O–H groups in total. The van der Waals surface area contributed by atoms with Crippen molar-refractivity contribution in [1.29, 1.82) is 0 Å². The van der Waals surface area contributed by atoms with E-state index in [0.29, 0.717) is 0 Å². The van der Waals surface area contributed by atoms with Gasteiger partial charge in [-0.2, -0.15) is 0 Å². The maximum Gasteiger partial charge on any atom is 0.316 e. The SMILES string of the molecule is C.COC(=O)CBr. The van der Waals surface area contributed by atoms with Gasteiger partial charge in [-0.25, -0.2) is 0 Å². The van der Waals surface area contributed by atoms with E-state index in [-0.39, 0.29) is 18.7 Å². The van der Waals surface area contributed by atoms with Crippen LogP contribution in [0.5, 0.6) is 0 Å². The molecule has 3 heteroatoms. The zero-order valence-electron chi connectivity index (χ0n) is 3.40. The van der Waals surface area contributed by atoms with Gasteiger partial charge in [-0.05, 0) is 0 Å². The number of halogens is 1. The first-order chi connectivity index (χ1) is 2.81. The molecule has 2 nitrogen and oxygen atoms in total. The minimum Gasteiger partial charge on any atom is -0.468 e. The Morgan fingerprint density at radius 1 is 1.86 bits per heavy atom. The van der Waals surface area contributed by atoms with E-state index in [4.69, 9.17) is 0 Å². The predicted octanol–water partition coefficient (Wildman–Crippen LogP) is 1.19. The van der Waals surface area contributed by atoms with Crippen LogP contribution >= 0.6 is 15.9 Å². The predicted molar refractivity (Wildman–Crippen MR) is 32.5 cm³/mol. The molecule has 0 aromatic heterocycles. The van der Waals surface area contributed by atoms with Crippen LogP contribution in [0.1, 0.15) is 7.43 Å². The Kier molecular flexibility index (Phi) is 8.54. The van der Waals surface area contributed by atoms with Crippen molar-refractivity contribution in [2.45, 2.75) is 7.43 Å². The van der Waals surface area contributed by atoms with Gasteiger partial charge in [0.1, 0.15) is 5.33 Å². The number of hydrogen-bond donors (Lipinski definition) is 0. The van der Waals surface area contributed by atoms with Crippen molar-refractivity contribution in [2.75, 3.05) is 12.4 Å². The van der Waals surface area contributed by atoms with Gasteiger partial charge < -0.3 is 4.74 Å². The third kappa shape index (κ3) is 5.95. The lowest BCUT2D eigenvalue weighted by Crippen LogP contribution is -1.99. The van der Waals surface area contributed by atoms with Gasteiger partial charge in [0.25, 0.3) is 0 Å². The number of hydrogen-bond acceptors (Lipinski definition) is 2. The third-order valence-electron chi connectivity index (χ3n) is 0.337. The number of methoxy groups -OCH3 is 1. The molecule has 0 aliphatic carbocycles. The molecular weight excluding hydrogens is 160 g/mol. The van der Waals surface area contributed by atoms with Crippen LogP contribution in [0.15, 0.2) is 0 Å². The number of alkyl halides is 1. The molecule has 0 fully saturated rings. The minimum atomic E-state index is -0.241. The number of esters is 1. The topological polar surface area (TPSA) is 26.3 Å². The Labute approximate surface area is 52.0 Å². The molecule has 0 bridgehead atoms. The number of ether oxygens (including phenoxy) is 1. The lowest BCUT2D eigenvalue weighted by Gasteiger charge is -1.86. The molecule has 0 atom stereocenters. The summed E-state index contributed by atoms with van der Waals surface area (Å²) in [6.45, 7) is 0. The van der Waals surface area contributed by atoms with Gasteiger partial charge in [-0.15, -0.1) is 0 Å². The maximum absolute atomic E-state index is 9.91. The van der Waals surface area contributed by atoms with E-state index in [9.17, 15) is 4.79 Å². The summed E-state index contributed by atoms with van der Waals surface area (Å²) in [5.74, 6) is -0.241. The average molecular weight is 169 g/mol. The molecule has 0 amide bonds. The van der Waals surface area contributed by atoms with Crippen molar-refractivity contribution in [3.63, 3.8) is 0 Å². The molecule has 7 heavy (non-hydrogen) atoms. The Morgan fingerprint density at radius 2 is 2.29 bits per heavy atom. The molecule has 44 valence electrons. The zero-order chi connectivity index (χ0) is 4.99. The van der Waals surface area contributed by atoms with Crippen LogP contribution in [0.2, 0.25) is 0 Å². The maximum atomic E-state index is 9.91. The molecule has 0 rings (SSSR count). The summed E-state index contributed by atoms with van der Waals surface area (Å²) >= 11 is 2.90. The third-order valence-corrected chi connectivity index (χ3v) is 0.795. The zero-order valence-corrected chi connectivity index (χ0v) is 4.99. The second kappa shape index (κ2) is 5.95. The van der Waals surface area contributed by atoms with Crippen molar-refractivity contribution >= 4 is 21.9 Å². The Hall–Kier alpha value is -0.0500. The highest BCUT2D eigenvalue weighted by Gasteiger charge is 1.89. The first-order valence-corrected chi connectivity index (χ1v) is 2.56. The highest BCUT2D eigenvalue weighted by Crippen LogP contribution is 1.79. The summed E-state index contributed by atoms with van der Waals surface area (Å²) in [4.78, 5) is 9.91. The van der Waals surface area contributed by atoms with Crippen LogP contribution in [-0.4, -0.2) is 18.4 Å². The van der Waals surface area contributed by atoms with Crippen molar-refractivity contribution in [3.05, 3.63) is 0 Å². The molecule has 0 spiro atoms. The van der Waals surface area contributed by atoms with Crippen molar-refractivity contribution in [1.82, 2.24) is 0 Å². The first-order valence-electron chi connectivity index (χ1n) is 1.44. The molecular formula is C4H9BrO2. The van der Waals surface area contributed by atoms with Crippen molar-refractivity contribution in [3.8, 4) is 0 Å². The standard InChI is InChI=1S/C3H5BrO2.CH4/c1-6-3(5)2-4;/h2H2,1H3;1H4. The van der Waals surface area contributed by atoms with E-state index < -0.39 is 0 Å². The molecule has 0 aromatic carbocycles. The summed E-state index contributed by atoms with van der Waals surface area (Å²) in [5, 5.41) is 0.281. The number of carbonyl (C=O) groups excluding carboxylic acids is 1. The normalized spacial score (nSPS) is 6.57. The summed E-state index contributed by atoms with van der Waals surface area (Å²) in [6, 6.07) is 0. The van der Waals surface area contributed by atoms with Gasteiger partial charge in [0, 0.05) is 0 Å². The van der Waals surface area contributed by atoms with Crippen LogP contribution in [0.3, 0.4) is 0 Å². The van der Waals surface area contributed by atoms with Crippen LogP contribution in [0, 0.1) is 0 Å². The van der Waals surface area contributed by atoms with Gasteiger partial charge in [-0.1, -0.05) is 23.4 Å². The lowest BCUT2D eigenvalue weighted by molar-refractivity contribution is -0.137. The highest BCUT2D eigenvalue weighted by molar-refractivity contribution is 9.09. The summed E-state index contributed by atoms with van der Waals surface area (Å²) in [6.07, 6.45) is 0. The van der Waals surface area contributed by atoms with E-state index in [0.717, 1.165) is 0 Å². The molecule has 0 saturated heterocycles. The first kappa shape index (κ1) is 10.0. The molecule has 0 unspecified atom stereocenters. The van der Waals surface area contributed by atoms with E-state index in [1.54, 1.807) is 0 Å². The van der Waals surface area contributed by atoms with Gasteiger partial charge in [0.05, 0.1) is 7.11 Å². The Morgan fingerprint density at radius 3 is 2.29 bits per heavy atom. The van der Waals surface area contributed by atoms with Gasteiger partial charge in [0.2, 0.25) is 0 Å². The molecule has 0 aliphatic heterocycles. The van der Waals surface area contributed by atoms with Crippen LogP contribution < -0.4 is 0 Å². The Bertz CT molecular complexity index is 47.7. The van der Waals surface area contributed by atoms with Crippen LogP contribution in [-0.2, 0) is 9.53 Å². The fourth-order valence-corrected chi connectivity index (χ4v) is 0.283. The van der Waals surface area contributed by atoms with E-state index >= 15 is 0 Å². The summed E-state index contributed by atoms with van der Waals surface area (Å²) in [5.41, 5.74) is 0. The second-order valence-corrected chi connectivity index (χ2v) is 1.27. The van der Waals surface area contributed by atoms with Crippen LogP contribution in [0.25, 0.3) is 0 Å². The lowest BCUT2D eigenvalue weighted by atomic mass is 10.8. The molecule has 0 aliphatic rings. The Balaban J connectivity index is 0. The monoisotopic (exact) mass is 168 g/mol. The average Bonchev–Trinajstić information content (AvgIpc) is 1.65. The van der Waals surface area contributed by atoms with Gasteiger partial charge in [-0.3, -0.25) is 4.79 Å². The summed E-state index contributed by atoms with van der Waals surface area (Å²) < 4.78 is 4.21. The number of rotatable bonds is 1. The number of carbonyl (C=O) groups is 1. The van der Waals surface area contributed by atoms with Gasteiger partial charge >= 0.3 is 5.97 Å². The fourth-order valence-electron chi connectivity index (χ4n) is 0.0546. The molecule has 0 radical (unpaired) electrons. The van der Waals surface area contributed by atoms with Crippen molar-refractivity contribution in [2.24, 2.45) is 0 Å². The van der Waals surface area contributed by atoms with Gasteiger partial charge in [0.15, 0.2) is 0 Å². The molecule has 0 heterocycles. The molecule has 0 aromatic rings.